The van der Waals surface area contributed by atoms with Crippen molar-refractivity contribution in [3.05, 3.63) is 40.6 Å². The van der Waals surface area contributed by atoms with Crippen molar-refractivity contribution in [3.8, 4) is 11.5 Å². The van der Waals surface area contributed by atoms with Gasteiger partial charge in [-0.15, -0.1) is 11.3 Å². The van der Waals surface area contributed by atoms with Crippen LogP contribution >= 0.6 is 11.3 Å². The van der Waals surface area contributed by atoms with E-state index in [-0.39, 0.29) is 6.10 Å². The molecule has 0 radical (unpaired) electrons. The number of thiophene rings is 1. The van der Waals surface area contributed by atoms with E-state index >= 15 is 0 Å². The average molecular weight is 263 g/mol. The minimum Gasteiger partial charge on any atom is -0.491 e. The van der Waals surface area contributed by atoms with E-state index in [1.165, 1.54) is 4.88 Å². The van der Waals surface area contributed by atoms with Crippen LogP contribution < -0.4 is 15.2 Å². The van der Waals surface area contributed by atoms with Gasteiger partial charge in [0.15, 0.2) is 0 Å². The smallest absolute Gasteiger partial charge is 0.125 e. The topological polar surface area (TPSA) is 44.5 Å². The quantitative estimate of drug-likeness (QED) is 0.837. The molecule has 1 heterocycles. The highest BCUT2D eigenvalue weighted by atomic mass is 32.1. The van der Waals surface area contributed by atoms with Crippen molar-refractivity contribution in [2.24, 2.45) is 0 Å². The van der Waals surface area contributed by atoms with Crippen LogP contribution in [0, 0.1) is 0 Å². The molecule has 4 heteroatoms. The fourth-order valence-electron chi connectivity index (χ4n) is 1.57. The first-order valence-electron chi connectivity index (χ1n) is 5.86. The van der Waals surface area contributed by atoms with E-state index in [0.717, 1.165) is 11.5 Å². The van der Waals surface area contributed by atoms with Crippen LogP contribution in [-0.4, -0.2) is 6.10 Å². The predicted molar refractivity (Wildman–Crippen MR) is 75.3 cm³/mol. The molecule has 0 spiro atoms. The second kappa shape index (κ2) is 5.78. The number of hydrogen-bond donors (Lipinski definition) is 1. The Morgan fingerprint density at radius 1 is 1.22 bits per heavy atom. The van der Waals surface area contributed by atoms with Gasteiger partial charge in [0, 0.05) is 28.8 Å². The van der Waals surface area contributed by atoms with Crippen molar-refractivity contribution in [1.82, 2.24) is 0 Å². The molecule has 96 valence electrons. The van der Waals surface area contributed by atoms with Crippen LogP contribution in [0.1, 0.15) is 18.7 Å². The molecule has 0 aliphatic heterocycles. The third-order valence-electron chi connectivity index (χ3n) is 2.24. The van der Waals surface area contributed by atoms with Crippen LogP contribution in [0.4, 0.5) is 5.69 Å². The van der Waals surface area contributed by atoms with Crippen LogP contribution in [0.3, 0.4) is 0 Å². The Labute approximate surface area is 111 Å². The SMILES string of the molecule is CC(C)Oc1cc(N)cc(OCc2cccs2)c1. The molecule has 2 N–H and O–H groups in total. The van der Waals surface area contributed by atoms with Crippen LogP contribution in [0.5, 0.6) is 11.5 Å². The minimum absolute atomic E-state index is 0.122. The molecule has 0 unspecified atom stereocenters. The Hall–Kier alpha value is -1.68. The van der Waals surface area contributed by atoms with E-state index in [0.29, 0.717) is 12.3 Å². The fourth-order valence-corrected chi connectivity index (χ4v) is 2.18. The summed E-state index contributed by atoms with van der Waals surface area (Å²) < 4.78 is 11.3. The molecule has 3 nitrogen and oxygen atoms in total. The third kappa shape index (κ3) is 3.67. The van der Waals surface area contributed by atoms with E-state index < -0.39 is 0 Å². The summed E-state index contributed by atoms with van der Waals surface area (Å²) in [6.07, 6.45) is 0.122. The van der Waals surface area contributed by atoms with Gasteiger partial charge in [0.05, 0.1) is 6.10 Å². The lowest BCUT2D eigenvalue weighted by Gasteiger charge is -2.12. The minimum atomic E-state index is 0.122. The van der Waals surface area contributed by atoms with Gasteiger partial charge in [-0.1, -0.05) is 6.07 Å². The molecular weight excluding hydrogens is 246 g/mol. The third-order valence-corrected chi connectivity index (χ3v) is 3.09. The lowest BCUT2D eigenvalue weighted by molar-refractivity contribution is 0.240. The molecule has 0 aliphatic rings. The summed E-state index contributed by atoms with van der Waals surface area (Å²) in [7, 11) is 0. The summed E-state index contributed by atoms with van der Waals surface area (Å²) in [6.45, 7) is 4.52. The van der Waals surface area contributed by atoms with Gasteiger partial charge in [0.25, 0.3) is 0 Å². The Morgan fingerprint density at radius 2 is 2.00 bits per heavy atom. The lowest BCUT2D eigenvalue weighted by atomic mass is 10.3. The van der Waals surface area contributed by atoms with Crippen LogP contribution in [-0.2, 0) is 6.61 Å². The first kappa shape index (κ1) is 12.8. The number of rotatable bonds is 5. The summed E-state index contributed by atoms with van der Waals surface area (Å²) in [5, 5.41) is 2.03. The Morgan fingerprint density at radius 3 is 2.67 bits per heavy atom. The van der Waals surface area contributed by atoms with Gasteiger partial charge in [0.1, 0.15) is 18.1 Å². The number of ether oxygens (including phenoxy) is 2. The molecule has 1 aromatic heterocycles. The number of nitrogen functional groups attached to an aromatic ring is 1. The normalized spacial score (nSPS) is 10.6. The average Bonchev–Trinajstić information content (AvgIpc) is 2.77. The highest BCUT2D eigenvalue weighted by Gasteiger charge is 2.04. The van der Waals surface area contributed by atoms with Crippen molar-refractivity contribution in [2.75, 3.05) is 5.73 Å². The Balaban J connectivity index is 2.05. The molecule has 0 fully saturated rings. The zero-order chi connectivity index (χ0) is 13.0. The van der Waals surface area contributed by atoms with Gasteiger partial charge in [-0.2, -0.15) is 0 Å². The van der Waals surface area contributed by atoms with Crippen molar-refractivity contribution in [1.29, 1.82) is 0 Å². The maximum Gasteiger partial charge on any atom is 0.125 e. The van der Waals surface area contributed by atoms with Gasteiger partial charge in [-0.05, 0) is 25.3 Å². The molecule has 2 rings (SSSR count). The second-order valence-corrected chi connectivity index (χ2v) is 5.30. The predicted octanol–water partition coefficient (Wildman–Crippen LogP) is 3.70. The highest BCUT2D eigenvalue weighted by Crippen LogP contribution is 2.26. The van der Waals surface area contributed by atoms with Gasteiger partial charge in [-0.3, -0.25) is 0 Å². The molecule has 0 bridgehead atoms. The second-order valence-electron chi connectivity index (χ2n) is 4.27. The van der Waals surface area contributed by atoms with Crippen molar-refractivity contribution >= 4 is 17.0 Å². The molecule has 1 aromatic carbocycles. The number of benzene rings is 1. The van der Waals surface area contributed by atoms with Crippen LogP contribution in [0.2, 0.25) is 0 Å². The largest absolute Gasteiger partial charge is 0.491 e. The van der Waals surface area contributed by atoms with Crippen LogP contribution in [0.25, 0.3) is 0 Å². The maximum atomic E-state index is 5.83. The molecule has 0 atom stereocenters. The first-order chi connectivity index (χ1) is 8.63. The van der Waals surface area contributed by atoms with E-state index in [4.69, 9.17) is 15.2 Å². The summed E-state index contributed by atoms with van der Waals surface area (Å²) >= 11 is 1.67. The zero-order valence-electron chi connectivity index (χ0n) is 10.6. The molecule has 2 aromatic rings. The van der Waals surface area contributed by atoms with Gasteiger partial charge in [0.2, 0.25) is 0 Å². The summed E-state index contributed by atoms with van der Waals surface area (Å²) in [5.74, 6) is 1.48. The maximum absolute atomic E-state index is 5.83. The monoisotopic (exact) mass is 263 g/mol. The number of anilines is 1. The van der Waals surface area contributed by atoms with E-state index in [2.05, 4.69) is 0 Å². The van der Waals surface area contributed by atoms with Crippen molar-refractivity contribution in [3.63, 3.8) is 0 Å². The van der Waals surface area contributed by atoms with Gasteiger partial charge >= 0.3 is 0 Å². The van der Waals surface area contributed by atoms with E-state index in [9.17, 15) is 0 Å². The zero-order valence-corrected chi connectivity index (χ0v) is 11.4. The van der Waals surface area contributed by atoms with E-state index in [1.54, 1.807) is 23.5 Å². The molecule has 0 saturated carbocycles. The fraction of sp³-hybridized carbons (Fsp3) is 0.286. The van der Waals surface area contributed by atoms with Gasteiger partial charge < -0.3 is 15.2 Å². The van der Waals surface area contributed by atoms with Crippen molar-refractivity contribution in [2.45, 2.75) is 26.6 Å². The standard InChI is InChI=1S/C14H17NO2S/c1-10(2)17-13-7-11(15)6-12(8-13)16-9-14-4-3-5-18-14/h3-8,10H,9,15H2,1-2H3. The molecule has 18 heavy (non-hydrogen) atoms. The number of nitrogens with two attached hydrogens (primary N) is 1. The molecular formula is C14H17NO2S. The molecule has 0 saturated heterocycles. The lowest BCUT2D eigenvalue weighted by Crippen LogP contribution is -2.06. The highest BCUT2D eigenvalue weighted by molar-refractivity contribution is 7.09. The van der Waals surface area contributed by atoms with Crippen molar-refractivity contribution < 1.29 is 9.47 Å². The van der Waals surface area contributed by atoms with Crippen LogP contribution in [0.15, 0.2) is 35.7 Å². The summed E-state index contributed by atoms with van der Waals surface area (Å²) in [5.41, 5.74) is 6.47. The Kier molecular flexibility index (Phi) is 4.10. The summed E-state index contributed by atoms with van der Waals surface area (Å²) in [6, 6.07) is 9.53. The van der Waals surface area contributed by atoms with E-state index in [1.807, 2.05) is 37.4 Å². The number of hydrogen-bond acceptors (Lipinski definition) is 4. The molecule has 0 amide bonds. The first-order valence-corrected chi connectivity index (χ1v) is 6.74. The molecule has 0 aliphatic carbocycles. The Bertz CT molecular complexity index is 495. The summed E-state index contributed by atoms with van der Waals surface area (Å²) in [4.78, 5) is 1.18. The van der Waals surface area contributed by atoms with Gasteiger partial charge in [-0.25, -0.2) is 0 Å².